The Balaban J connectivity index is 2.61. The Morgan fingerprint density at radius 2 is 2.38 bits per heavy atom. The van der Waals surface area contributed by atoms with Gasteiger partial charge in [0.25, 0.3) is 0 Å². The maximum atomic E-state index is 5.49. The van der Waals surface area contributed by atoms with Gasteiger partial charge in [-0.05, 0) is 14.0 Å². The Labute approximate surface area is 79.3 Å². The van der Waals surface area contributed by atoms with Crippen LogP contribution in [0.15, 0.2) is 12.4 Å². The molecule has 0 saturated heterocycles. The molecule has 4 heteroatoms. The molecule has 2 N–H and O–H groups in total. The van der Waals surface area contributed by atoms with Gasteiger partial charge >= 0.3 is 0 Å². The second-order valence-corrected chi connectivity index (χ2v) is 3.39. The van der Waals surface area contributed by atoms with Crippen molar-refractivity contribution in [2.45, 2.75) is 13.0 Å². The largest absolute Gasteiger partial charge is 0.329 e. The summed E-state index contributed by atoms with van der Waals surface area (Å²) in [4.78, 5) is 2.22. The van der Waals surface area contributed by atoms with E-state index in [1.807, 2.05) is 24.1 Å². The lowest BCUT2D eigenvalue weighted by molar-refractivity contribution is 0.269. The molecular formula is C9H18N4. The van der Waals surface area contributed by atoms with Crippen molar-refractivity contribution in [1.29, 1.82) is 0 Å². The average Bonchev–Trinajstić information content (AvgIpc) is 2.51. The molecule has 0 aromatic carbocycles. The van der Waals surface area contributed by atoms with Crippen LogP contribution in [0.4, 0.5) is 0 Å². The monoisotopic (exact) mass is 182 g/mol. The number of aryl methyl sites for hydroxylation is 1. The minimum Gasteiger partial charge on any atom is -0.329 e. The topological polar surface area (TPSA) is 47.1 Å². The van der Waals surface area contributed by atoms with Crippen LogP contribution in [0.1, 0.15) is 18.5 Å². The van der Waals surface area contributed by atoms with Gasteiger partial charge in [-0.2, -0.15) is 5.10 Å². The first-order valence-electron chi connectivity index (χ1n) is 4.54. The Morgan fingerprint density at radius 1 is 1.69 bits per heavy atom. The van der Waals surface area contributed by atoms with Crippen LogP contribution < -0.4 is 5.73 Å². The maximum absolute atomic E-state index is 5.49. The Kier molecular flexibility index (Phi) is 3.45. The fourth-order valence-electron chi connectivity index (χ4n) is 1.31. The molecule has 0 aliphatic carbocycles. The standard InChI is InChI=1S/C9H18N4/c1-8(12(2)5-4-10)9-6-11-13(3)7-9/h6-8H,4-5,10H2,1-3H3. The number of aromatic nitrogens is 2. The summed E-state index contributed by atoms with van der Waals surface area (Å²) in [5.41, 5.74) is 6.72. The van der Waals surface area contributed by atoms with Crippen molar-refractivity contribution in [2.75, 3.05) is 20.1 Å². The van der Waals surface area contributed by atoms with Gasteiger partial charge in [-0.1, -0.05) is 0 Å². The summed E-state index contributed by atoms with van der Waals surface area (Å²) in [6.45, 7) is 3.77. The Hall–Kier alpha value is -0.870. The highest BCUT2D eigenvalue weighted by molar-refractivity contribution is 5.08. The molecule has 0 aliphatic heterocycles. The molecule has 1 heterocycles. The van der Waals surface area contributed by atoms with Crippen LogP contribution in [0.2, 0.25) is 0 Å². The van der Waals surface area contributed by atoms with Gasteiger partial charge in [-0.15, -0.1) is 0 Å². The van der Waals surface area contributed by atoms with E-state index in [0.29, 0.717) is 12.6 Å². The summed E-state index contributed by atoms with van der Waals surface area (Å²) in [6.07, 6.45) is 3.94. The van der Waals surface area contributed by atoms with Crippen LogP contribution in [0.3, 0.4) is 0 Å². The summed E-state index contributed by atoms with van der Waals surface area (Å²) in [6, 6.07) is 0.386. The van der Waals surface area contributed by atoms with Crippen LogP contribution in [0.25, 0.3) is 0 Å². The zero-order valence-corrected chi connectivity index (χ0v) is 8.57. The normalized spacial score (nSPS) is 13.6. The lowest BCUT2D eigenvalue weighted by Gasteiger charge is -2.22. The number of nitrogens with two attached hydrogens (primary N) is 1. The molecule has 0 saturated carbocycles. The lowest BCUT2D eigenvalue weighted by atomic mass is 10.2. The summed E-state index contributed by atoms with van der Waals surface area (Å²) in [5.74, 6) is 0. The first kappa shape index (κ1) is 10.2. The second-order valence-electron chi connectivity index (χ2n) is 3.39. The fraction of sp³-hybridized carbons (Fsp3) is 0.667. The second kappa shape index (κ2) is 4.39. The van der Waals surface area contributed by atoms with Crippen molar-refractivity contribution >= 4 is 0 Å². The number of nitrogens with zero attached hydrogens (tertiary/aromatic N) is 3. The summed E-state index contributed by atoms with van der Waals surface area (Å²) in [7, 11) is 4.00. The van der Waals surface area contributed by atoms with E-state index < -0.39 is 0 Å². The minimum absolute atomic E-state index is 0.386. The average molecular weight is 182 g/mol. The highest BCUT2D eigenvalue weighted by Gasteiger charge is 2.11. The summed E-state index contributed by atoms with van der Waals surface area (Å²) < 4.78 is 1.82. The molecule has 1 aromatic heterocycles. The third-order valence-corrected chi connectivity index (χ3v) is 2.35. The molecule has 1 unspecified atom stereocenters. The van der Waals surface area contributed by atoms with Crippen molar-refractivity contribution in [1.82, 2.24) is 14.7 Å². The smallest absolute Gasteiger partial charge is 0.0537 e. The minimum atomic E-state index is 0.386. The van der Waals surface area contributed by atoms with Crippen molar-refractivity contribution in [3.05, 3.63) is 18.0 Å². The van der Waals surface area contributed by atoms with Gasteiger partial charge in [0.1, 0.15) is 0 Å². The third-order valence-electron chi connectivity index (χ3n) is 2.35. The molecule has 0 fully saturated rings. The van der Waals surface area contributed by atoms with E-state index in [1.54, 1.807) is 0 Å². The number of likely N-dealkylation sites (N-methyl/N-ethyl adjacent to an activating group) is 1. The van der Waals surface area contributed by atoms with Gasteiger partial charge < -0.3 is 5.73 Å². The fourth-order valence-corrected chi connectivity index (χ4v) is 1.31. The SMILES string of the molecule is CC(c1cnn(C)c1)N(C)CCN. The molecular weight excluding hydrogens is 164 g/mol. The van der Waals surface area contributed by atoms with Gasteiger partial charge in [-0.25, -0.2) is 0 Å². The Morgan fingerprint density at radius 3 is 2.85 bits per heavy atom. The van der Waals surface area contributed by atoms with E-state index >= 15 is 0 Å². The van der Waals surface area contributed by atoms with E-state index in [4.69, 9.17) is 5.73 Å². The Bertz CT molecular complexity index is 256. The number of hydrogen-bond donors (Lipinski definition) is 1. The van der Waals surface area contributed by atoms with Crippen molar-refractivity contribution in [2.24, 2.45) is 12.8 Å². The molecule has 0 amide bonds. The number of hydrogen-bond acceptors (Lipinski definition) is 3. The van der Waals surface area contributed by atoms with Gasteiger partial charge in [0, 0.05) is 37.9 Å². The lowest BCUT2D eigenvalue weighted by Crippen LogP contribution is -2.28. The van der Waals surface area contributed by atoms with E-state index in [2.05, 4.69) is 24.0 Å². The van der Waals surface area contributed by atoms with Crippen molar-refractivity contribution in [3.8, 4) is 0 Å². The zero-order chi connectivity index (χ0) is 9.84. The van der Waals surface area contributed by atoms with Gasteiger partial charge in [0.05, 0.1) is 6.20 Å². The quantitative estimate of drug-likeness (QED) is 0.732. The third kappa shape index (κ3) is 2.54. The van der Waals surface area contributed by atoms with Gasteiger partial charge in [-0.3, -0.25) is 9.58 Å². The van der Waals surface area contributed by atoms with Crippen LogP contribution in [-0.2, 0) is 7.05 Å². The molecule has 74 valence electrons. The van der Waals surface area contributed by atoms with Crippen LogP contribution in [0, 0.1) is 0 Å². The van der Waals surface area contributed by atoms with Crippen molar-refractivity contribution < 1.29 is 0 Å². The summed E-state index contributed by atoms with van der Waals surface area (Å²) >= 11 is 0. The molecule has 0 radical (unpaired) electrons. The predicted octanol–water partition coefficient (Wildman–Crippen LogP) is 0.372. The summed E-state index contributed by atoms with van der Waals surface area (Å²) in [5, 5.41) is 4.14. The van der Waals surface area contributed by atoms with Crippen molar-refractivity contribution in [3.63, 3.8) is 0 Å². The molecule has 4 nitrogen and oxygen atoms in total. The predicted molar refractivity (Wildman–Crippen MR) is 53.3 cm³/mol. The van der Waals surface area contributed by atoms with E-state index in [1.165, 1.54) is 5.56 Å². The van der Waals surface area contributed by atoms with Crippen LogP contribution in [-0.4, -0.2) is 34.8 Å². The van der Waals surface area contributed by atoms with Gasteiger partial charge in [0.15, 0.2) is 0 Å². The first-order valence-corrected chi connectivity index (χ1v) is 4.54. The highest BCUT2D eigenvalue weighted by Crippen LogP contribution is 2.16. The van der Waals surface area contributed by atoms with Crippen LogP contribution in [0.5, 0.6) is 0 Å². The van der Waals surface area contributed by atoms with E-state index in [-0.39, 0.29) is 0 Å². The molecule has 0 spiro atoms. The molecule has 1 aromatic rings. The highest BCUT2D eigenvalue weighted by atomic mass is 15.2. The van der Waals surface area contributed by atoms with Gasteiger partial charge in [0.2, 0.25) is 0 Å². The maximum Gasteiger partial charge on any atom is 0.0537 e. The van der Waals surface area contributed by atoms with Crippen LogP contribution >= 0.6 is 0 Å². The zero-order valence-electron chi connectivity index (χ0n) is 8.57. The molecule has 1 atom stereocenters. The molecule has 13 heavy (non-hydrogen) atoms. The first-order chi connectivity index (χ1) is 6.15. The molecule has 0 aliphatic rings. The van der Waals surface area contributed by atoms with E-state index in [9.17, 15) is 0 Å². The number of rotatable bonds is 4. The van der Waals surface area contributed by atoms with E-state index in [0.717, 1.165) is 6.54 Å². The molecule has 1 rings (SSSR count). The molecule has 0 bridgehead atoms.